The van der Waals surface area contributed by atoms with Crippen molar-refractivity contribution in [2.45, 2.75) is 44.7 Å². The number of aromatic nitrogens is 1. The first-order valence-electron chi connectivity index (χ1n) is 6.18. The van der Waals surface area contributed by atoms with Gasteiger partial charge in [-0.1, -0.05) is 0 Å². The standard InChI is InChI=1S/C13H20N2O2/c1-10(2)15-8-3-5-11(15)12(17)14-13(9-16)6-4-7-13/h3,5,8,10,16H,4,6-7,9H2,1-2H3,(H,14,17). The number of rotatable bonds is 4. The maximum atomic E-state index is 12.2. The summed E-state index contributed by atoms with van der Waals surface area (Å²) in [5, 5.41) is 12.3. The van der Waals surface area contributed by atoms with Gasteiger partial charge in [0.15, 0.2) is 0 Å². The molecule has 1 aromatic rings. The van der Waals surface area contributed by atoms with Gasteiger partial charge < -0.3 is 15.0 Å². The molecule has 94 valence electrons. The lowest BCUT2D eigenvalue weighted by Gasteiger charge is -2.41. The number of amides is 1. The molecule has 1 aromatic heterocycles. The number of nitrogens with one attached hydrogen (secondary N) is 1. The molecule has 1 saturated carbocycles. The lowest BCUT2D eigenvalue weighted by molar-refractivity contribution is 0.0633. The largest absolute Gasteiger partial charge is 0.394 e. The molecule has 0 aliphatic heterocycles. The first kappa shape index (κ1) is 12.2. The Bertz CT molecular complexity index is 400. The van der Waals surface area contributed by atoms with Crippen molar-refractivity contribution in [2.24, 2.45) is 0 Å². The van der Waals surface area contributed by atoms with E-state index in [9.17, 15) is 9.90 Å². The van der Waals surface area contributed by atoms with Crippen molar-refractivity contribution in [2.75, 3.05) is 6.61 Å². The van der Waals surface area contributed by atoms with Crippen LogP contribution >= 0.6 is 0 Å². The van der Waals surface area contributed by atoms with Crippen LogP contribution in [0.3, 0.4) is 0 Å². The summed E-state index contributed by atoms with van der Waals surface area (Å²) >= 11 is 0. The van der Waals surface area contributed by atoms with Gasteiger partial charge in [0.25, 0.3) is 5.91 Å². The summed E-state index contributed by atoms with van der Waals surface area (Å²) in [5.41, 5.74) is 0.295. The van der Waals surface area contributed by atoms with E-state index in [1.807, 2.05) is 36.7 Å². The zero-order valence-electron chi connectivity index (χ0n) is 10.4. The van der Waals surface area contributed by atoms with E-state index in [1.165, 1.54) is 0 Å². The summed E-state index contributed by atoms with van der Waals surface area (Å²) < 4.78 is 1.94. The average Bonchev–Trinajstić information content (AvgIpc) is 2.72. The molecule has 0 spiro atoms. The Balaban J connectivity index is 2.12. The van der Waals surface area contributed by atoms with Gasteiger partial charge >= 0.3 is 0 Å². The number of carbonyl (C=O) groups is 1. The molecule has 0 unspecified atom stereocenters. The van der Waals surface area contributed by atoms with Crippen LogP contribution in [0.1, 0.15) is 49.6 Å². The first-order chi connectivity index (χ1) is 8.08. The molecule has 4 heteroatoms. The normalized spacial score (nSPS) is 17.9. The van der Waals surface area contributed by atoms with Gasteiger partial charge in [0.1, 0.15) is 5.69 Å². The lowest BCUT2D eigenvalue weighted by Crippen LogP contribution is -2.56. The number of carbonyl (C=O) groups excluding carboxylic acids is 1. The van der Waals surface area contributed by atoms with E-state index in [4.69, 9.17) is 0 Å². The maximum Gasteiger partial charge on any atom is 0.268 e. The predicted molar refractivity (Wildman–Crippen MR) is 66.0 cm³/mol. The maximum absolute atomic E-state index is 12.2. The fourth-order valence-electron chi connectivity index (χ4n) is 2.27. The Morgan fingerprint density at radius 2 is 2.29 bits per heavy atom. The van der Waals surface area contributed by atoms with Gasteiger partial charge in [-0.3, -0.25) is 4.79 Å². The van der Waals surface area contributed by atoms with E-state index in [0.717, 1.165) is 19.3 Å². The monoisotopic (exact) mass is 236 g/mol. The van der Waals surface area contributed by atoms with Crippen molar-refractivity contribution in [3.8, 4) is 0 Å². The molecule has 4 nitrogen and oxygen atoms in total. The number of hydrogen-bond donors (Lipinski definition) is 2. The highest BCUT2D eigenvalue weighted by molar-refractivity contribution is 5.93. The van der Waals surface area contributed by atoms with Gasteiger partial charge in [0, 0.05) is 12.2 Å². The number of aliphatic hydroxyl groups excluding tert-OH is 1. The molecular weight excluding hydrogens is 216 g/mol. The van der Waals surface area contributed by atoms with E-state index in [1.54, 1.807) is 0 Å². The molecule has 2 rings (SSSR count). The van der Waals surface area contributed by atoms with Crippen LogP contribution in [0.25, 0.3) is 0 Å². The summed E-state index contributed by atoms with van der Waals surface area (Å²) in [4.78, 5) is 12.2. The van der Waals surface area contributed by atoms with E-state index in [-0.39, 0.29) is 24.1 Å². The second-order valence-corrected chi connectivity index (χ2v) is 5.14. The summed E-state index contributed by atoms with van der Waals surface area (Å²) in [5.74, 6) is -0.0857. The highest BCUT2D eigenvalue weighted by Gasteiger charge is 2.38. The van der Waals surface area contributed by atoms with Crippen LogP contribution in [0, 0.1) is 0 Å². The molecule has 0 radical (unpaired) electrons. The molecule has 17 heavy (non-hydrogen) atoms. The van der Waals surface area contributed by atoms with Crippen LogP contribution in [-0.2, 0) is 0 Å². The van der Waals surface area contributed by atoms with Crippen LogP contribution in [0.15, 0.2) is 18.3 Å². The Morgan fingerprint density at radius 1 is 1.59 bits per heavy atom. The average molecular weight is 236 g/mol. The minimum atomic E-state index is -0.372. The third-order valence-corrected chi connectivity index (χ3v) is 3.56. The smallest absolute Gasteiger partial charge is 0.268 e. The van der Waals surface area contributed by atoms with Gasteiger partial charge in [0.05, 0.1) is 12.1 Å². The molecule has 1 fully saturated rings. The summed E-state index contributed by atoms with van der Waals surface area (Å²) in [6.45, 7) is 4.12. The molecule has 1 heterocycles. The van der Waals surface area contributed by atoms with Crippen LogP contribution < -0.4 is 5.32 Å². The van der Waals surface area contributed by atoms with Crippen molar-refractivity contribution in [3.05, 3.63) is 24.0 Å². The first-order valence-corrected chi connectivity index (χ1v) is 6.18. The molecule has 0 atom stereocenters. The molecule has 1 aliphatic carbocycles. The zero-order valence-corrected chi connectivity index (χ0v) is 10.4. The van der Waals surface area contributed by atoms with E-state index < -0.39 is 0 Å². The minimum Gasteiger partial charge on any atom is -0.394 e. The summed E-state index contributed by atoms with van der Waals surface area (Å²) in [6, 6.07) is 3.96. The van der Waals surface area contributed by atoms with Gasteiger partial charge in [-0.2, -0.15) is 0 Å². The van der Waals surface area contributed by atoms with Gasteiger partial charge in [-0.05, 0) is 45.2 Å². The quantitative estimate of drug-likeness (QED) is 0.836. The van der Waals surface area contributed by atoms with Gasteiger partial charge in [-0.15, -0.1) is 0 Å². The van der Waals surface area contributed by atoms with Crippen molar-refractivity contribution < 1.29 is 9.90 Å². The Morgan fingerprint density at radius 3 is 2.76 bits per heavy atom. The van der Waals surface area contributed by atoms with Crippen LogP contribution in [0.4, 0.5) is 0 Å². The molecule has 1 aliphatic rings. The highest BCUT2D eigenvalue weighted by atomic mass is 16.3. The lowest BCUT2D eigenvalue weighted by atomic mass is 9.77. The number of hydrogen-bond acceptors (Lipinski definition) is 2. The summed E-state index contributed by atoms with van der Waals surface area (Å²) in [7, 11) is 0. The topological polar surface area (TPSA) is 54.3 Å². The third-order valence-electron chi connectivity index (χ3n) is 3.56. The molecule has 0 saturated heterocycles. The van der Waals surface area contributed by atoms with E-state index >= 15 is 0 Å². The molecule has 0 aromatic carbocycles. The molecule has 0 bridgehead atoms. The second kappa shape index (κ2) is 4.53. The fourth-order valence-corrected chi connectivity index (χ4v) is 2.27. The highest BCUT2D eigenvalue weighted by Crippen LogP contribution is 2.31. The van der Waals surface area contributed by atoms with Crippen LogP contribution in [0.2, 0.25) is 0 Å². The number of aliphatic hydroxyl groups is 1. The van der Waals surface area contributed by atoms with Crippen molar-refractivity contribution in [1.82, 2.24) is 9.88 Å². The molecule has 1 amide bonds. The van der Waals surface area contributed by atoms with E-state index in [2.05, 4.69) is 5.32 Å². The SMILES string of the molecule is CC(C)n1cccc1C(=O)NC1(CO)CCC1. The van der Waals surface area contributed by atoms with Gasteiger partial charge in [-0.25, -0.2) is 0 Å². The Labute approximate surface area is 102 Å². The van der Waals surface area contributed by atoms with Crippen molar-refractivity contribution in [1.29, 1.82) is 0 Å². The third kappa shape index (κ3) is 2.22. The Kier molecular flexibility index (Phi) is 3.24. The molecular formula is C13H20N2O2. The zero-order chi connectivity index (χ0) is 12.5. The van der Waals surface area contributed by atoms with Crippen molar-refractivity contribution in [3.63, 3.8) is 0 Å². The predicted octanol–water partition coefficient (Wildman–Crippen LogP) is 1.71. The van der Waals surface area contributed by atoms with Gasteiger partial charge in [0.2, 0.25) is 0 Å². The Hall–Kier alpha value is -1.29. The van der Waals surface area contributed by atoms with Crippen LogP contribution in [0.5, 0.6) is 0 Å². The second-order valence-electron chi connectivity index (χ2n) is 5.14. The van der Waals surface area contributed by atoms with Crippen LogP contribution in [-0.4, -0.2) is 27.7 Å². The van der Waals surface area contributed by atoms with E-state index in [0.29, 0.717) is 5.69 Å². The number of nitrogens with zero attached hydrogens (tertiary/aromatic N) is 1. The minimum absolute atomic E-state index is 0.0289. The summed E-state index contributed by atoms with van der Waals surface area (Å²) in [6.07, 6.45) is 4.73. The fraction of sp³-hybridized carbons (Fsp3) is 0.615. The molecule has 2 N–H and O–H groups in total. The van der Waals surface area contributed by atoms with Crippen molar-refractivity contribution >= 4 is 5.91 Å².